The van der Waals surface area contributed by atoms with E-state index in [2.05, 4.69) is 29.7 Å². The second-order valence-corrected chi connectivity index (χ2v) is 5.77. The van der Waals surface area contributed by atoms with E-state index in [1.807, 2.05) is 30.4 Å². The Balaban J connectivity index is 2.25. The number of pyridine rings is 1. The van der Waals surface area contributed by atoms with Crippen LogP contribution in [-0.2, 0) is 11.2 Å². The zero-order chi connectivity index (χ0) is 15.2. The number of aromatic nitrogens is 1. The SMILES string of the molecule is CCc1cc2c(C3=NNC(=O)C3(C)C)ccc(OC)n2c1. The Morgan fingerprint density at radius 1 is 1.38 bits per heavy atom. The maximum Gasteiger partial charge on any atom is 0.251 e. The molecule has 0 radical (unpaired) electrons. The van der Waals surface area contributed by atoms with Crippen molar-refractivity contribution in [1.82, 2.24) is 9.83 Å². The number of carbonyl (C=O) groups excluding carboxylic acids is 1. The molecule has 0 aliphatic carbocycles. The molecule has 0 atom stereocenters. The van der Waals surface area contributed by atoms with Crippen LogP contribution in [0.25, 0.3) is 5.52 Å². The summed E-state index contributed by atoms with van der Waals surface area (Å²) in [6, 6.07) is 6.00. The fourth-order valence-electron chi connectivity index (χ4n) is 2.68. The van der Waals surface area contributed by atoms with Gasteiger partial charge in [0.15, 0.2) is 5.88 Å². The van der Waals surface area contributed by atoms with Gasteiger partial charge in [-0.15, -0.1) is 0 Å². The number of carbonyl (C=O) groups is 1. The highest BCUT2D eigenvalue weighted by Gasteiger charge is 2.40. The first-order chi connectivity index (χ1) is 9.98. The lowest BCUT2D eigenvalue weighted by Gasteiger charge is -2.18. The highest BCUT2D eigenvalue weighted by molar-refractivity contribution is 6.21. The highest BCUT2D eigenvalue weighted by Crippen LogP contribution is 2.31. The van der Waals surface area contributed by atoms with Crippen LogP contribution >= 0.6 is 0 Å². The van der Waals surface area contributed by atoms with E-state index in [1.54, 1.807) is 7.11 Å². The topological polar surface area (TPSA) is 55.1 Å². The number of nitrogens with one attached hydrogen (secondary N) is 1. The molecule has 21 heavy (non-hydrogen) atoms. The van der Waals surface area contributed by atoms with Crippen molar-refractivity contribution in [2.24, 2.45) is 10.5 Å². The molecule has 0 saturated heterocycles. The molecule has 1 aliphatic heterocycles. The molecule has 3 heterocycles. The molecule has 0 aromatic carbocycles. The van der Waals surface area contributed by atoms with Crippen molar-refractivity contribution in [3.8, 4) is 5.88 Å². The van der Waals surface area contributed by atoms with E-state index >= 15 is 0 Å². The van der Waals surface area contributed by atoms with Gasteiger partial charge in [-0.3, -0.25) is 9.20 Å². The molecule has 0 unspecified atom stereocenters. The molecule has 1 aliphatic rings. The minimum atomic E-state index is -0.633. The van der Waals surface area contributed by atoms with Crippen LogP contribution in [0.15, 0.2) is 29.5 Å². The Hall–Kier alpha value is -2.30. The van der Waals surface area contributed by atoms with Crippen molar-refractivity contribution in [2.45, 2.75) is 27.2 Å². The van der Waals surface area contributed by atoms with Crippen LogP contribution in [0, 0.1) is 5.41 Å². The average molecular weight is 285 g/mol. The lowest BCUT2D eigenvalue weighted by molar-refractivity contribution is -0.125. The molecule has 0 saturated carbocycles. The van der Waals surface area contributed by atoms with Crippen molar-refractivity contribution < 1.29 is 9.53 Å². The summed E-state index contributed by atoms with van der Waals surface area (Å²) in [5, 5.41) is 4.24. The smallest absolute Gasteiger partial charge is 0.251 e. The van der Waals surface area contributed by atoms with Gasteiger partial charge >= 0.3 is 0 Å². The second kappa shape index (κ2) is 4.62. The molecule has 5 nitrogen and oxygen atoms in total. The number of hydrogen-bond acceptors (Lipinski definition) is 3. The van der Waals surface area contributed by atoms with Gasteiger partial charge in [-0.1, -0.05) is 6.92 Å². The van der Waals surface area contributed by atoms with Crippen LogP contribution in [0.2, 0.25) is 0 Å². The Bertz CT molecular complexity index is 756. The van der Waals surface area contributed by atoms with Crippen molar-refractivity contribution in [2.75, 3.05) is 7.11 Å². The predicted octanol–water partition coefficient (Wildman–Crippen LogP) is 2.37. The summed E-state index contributed by atoms with van der Waals surface area (Å²) in [7, 11) is 1.65. The first kappa shape index (κ1) is 13.7. The van der Waals surface area contributed by atoms with Crippen LogP contribution in [-0.4, -0.2) is 23.1 Å². The molecular formula is C16H19N3O2. The number of hydrazone groups is 1. The zero-order valence-electron chi connectivity index (χ0n) is 12.7. The monoisotopic (exact) mass is 285 g/mol. The average Bonchev–Trinajstić information content (AvgIpc) is 3.01. The number of hydrogen-bond donors (Lipinski definition) is 1. The van der Waals surface area contributed by atoms with E-state index in [-0.39, 0.29) is 5.91 Å². The summed E-state index contributed by atoms with van der Waals surface area (Å²) in [5.74, 6) is 0.692. The molecule has 1 N–H and O–H groups in total. The van der Waals surface area contributed by atoms with Gasteiger partial charge in [-0.05, 0) is 44.0 Å². The Morgan fingerprint density at radius 3 is 2.71 bits per heavy atom. The van der Waals surface area contributed by atoms with E-state index in [0.29, 0.717) is 0 Å². The normalized spacial score (nSPS) is 17.0. The van der Waals surface area contributed by atoms with Gasteiger partial charge in [0.2, 0.25) is 0 Å². The quantitative estimate of drug-likeness (QED) is 0.941. The van der Waals surface area contributed by atoms with E-state index in [0.717, 1.165) is 29.1 Å². The largest absolute Gasteiger partial charge is 0.482 e. The minimum absolute atomic E-state index is 0.0752. The van der Waals surface area contributed by atoms with E-state index in [1.165, 1.54) is 5.56 Å². The van der Waals surface area contributed by atoms with Crippen LogP contribution in [0.3, 0.4) is 0 Å². The summed E-state index contributed by atoms with van der Waals surface area (Å²) in [5.41, 5.74) is 5.90. The zero-order valence-corrected chi connectivity index (χ0v) is 12.7. The van der Waals surface area contributed by atoms with Gasteiger partial charge in [-0.2, -0.15) is 5.10 Å². The van der Waals surface area contributed by atoms with Gasteiger partial charge in [0.25, 0.3) is 5.91 Å². The lowest BCUT2D eigenvalue weighted by atomic mass is 9.83. The molecule has 110 valence electrons. The van der Waals surface area contributed by atoms with Gasteiger partial charge in [0, 0.05) is 11.8 Å². The number of ether oxygens (including phenoxy) is 1. The molecule has 0 bridgehead atoms. The van der Waals surface area contributed by atoms with Gasteiger partial charge in [0.05, 0.1) is 23.8 Å². The van der Waals surface area contributed by atoms with E-state index in [4.69, 9.17) is 4.74 Å². The Labute approximate surface area is 123 Å². The standard InChI is InChI=1S/C16H19N3O2/c1-5-10-8-12-11(6-7-13(21-4)19(12)9-10)14-16(2,3)15(20)18-17-14/h6-9H,5H2,1-4H3,(H,18,20). The van der Waals surface area contributed by atoms with Crippen molar-refractivity contribution in [3.05, 3.63) is 35.5 Å². The summed E-state index contributed by atoms with van der Waals surface area (Å²) in [4.78, 5) is 11.9. The molecule has 3 rings (SSSR count). The maximum atomic E-state index is 11.9. The first-order valence-corrected chi connectivity index (χ1v) is 7.06. The highest BCUT2D eigenvalue weighted by atomic mass is 16.5. The third-order valence-corrected chi connectivity index (χ3v) is 4.08. The van der Waals surface area contributed by atoms with Crippen LogP contribution in [0.4, 0.5) is 0 Å². The fraction of sp³-hybridized carbons (Fsp3) is 0.375. The molecule has 2 aromatic heterocycles. The summed E-state index contributed by atoms with van der Waals surface area (Å²) in [6.45, 7) is 5.89. The van der Waals surface area contributed by atoms with Gasteiger partial charge in [-0.25, -0.2) is 5.43 Å². The van der Waals surface area contributed by atoms with Crippen molar-refractivity contribution in [3.63, 3.8) is 0 Å². The van der Waals surface area contributed by atoms with Crippen molar-refractivity contribution in [1.29, 1.82) is 0 Å². The summed E-state index contributed by atoms with van der Waals surface area (Å²) >= 11 is 0. The van der Waals surface area contributed by atoms with Crippen molar-refractivity contribution >= 4 is 17.1 Å². The number of fused-ring (bicyclic) bond motifs is 1. The molecule has 1 amide bonds. The van der Waals surface area contributed by atoms with Gasteiger partial charge in [0.1, 0.15) is 0 Å². The maximum absolute atomic E-state index is 11.9. The summed E-state index contributed by atoms with van der Waals surface area (Å²) in [6.07, 6.45) is 3.01. The Morgan fingerprint density at radius 2 is 2.14 bits per heavy atom. The summed E-state index contributed by atoms with van der Waals surface area (Å²) < 4.78 is 7.43. The van der Waals surface area contributed by atoms with E-state index < -0.39 is 5.41 Å². The first-order valence-electron chi connectivity index (χ1n) is 7.06. The lowest BCUT2D eigenvalue weighted by Crippen LogP contribution is -2.32. The number of nitrogens with zero attached hydrogens (tertiary/aromatic N) is 2. The fourth-order valence-corrected chi connectivity index (χ4v) is 2.68. The number of rotatable bonds is 3. The molecular weight excluding hydrogens is 266 g/mol. The Kier molecular flexibility index (Phi) is 3.01. The van der Waals surface area contributed by atoms with E-state index in [9.17, 15) is 4.79 Å². The molecule has 2 aromatic rings. The number of amides is 1. The van der Waals surface area contributed by atoms with Crippen LogP contribution < -0.4 is 10.2 Å². The minimum Gasteiger partial charge on any atom is -0.482 e. The van der Waals surface area contributed by atoms with Gasteiger partial charge < -0.3 is 4.74 Å². The number of methoxy groups -OCH3 is 1. The molecule has 0 fully saturated rings. The molecule has 5 heteroatoms. The van der Waals surface area contributed by atoms with Crippen LogP contribution in [0.5, 0.6) is 5.88 Å². The third-order valence-electron chi connectivity index (χ3n) is 4.08. The second-order valence-electron chi connectivity index (χ2n) is 5.77. The third kappa shape index (κ3) is 1.92. The van der Waals surface area contributed by atoms with Crippen LogP contribution in [0.1, 0.15) is 31.9 Å². The number of aryl methyl sites for hydroxylation is 1. The molecule has 0 spiro atoms. The predicted molar refractivity (Wildman–Crippen MR) is 81.8 cm³/mol.